The average molecular weight is 545 g/mol. The number of thioether (sulfide) groups is 1. The minimum atomic E-state index is -0.611. The van der Waals surface area contributed by atoms with Crippen LogP contribution in [0.1, 0.15) is 16.7 Å². The topological polar surface area (TPSA) is 75.7 Å². The maximum Gasteiger partial charge on any atom is 0.293 e. The first-order valence-corrected chi connectivity index (χ1v) is 12.3. The van der Waals surface area contributed by atoms with Gasteiger partial charge in [0.1, 0.15) is 11.6 Å². The van der Waals surface area contributed by atoms with Crippen molar-refractivity contribution in [3.05, 3.63) is 98.1 Å². The Balaban J connectivity index is 1.50. The van der Waals surface area contributed by atoms with Crippen LogP contribution >= 0.6 is 35.0 Å². The van der Waals surface area contributed by atoms with Gasteiger partial charge in [0.2, 0.25) is 0 Å². The van der Waals surface area contributed by atoms with Crippen LogP contribution in [0.5, 0.6) is 5.75 Å². The van der Waals surface area contributed by atoms with E-state index in [0.29, 0.717) is 33.8 Å². The second-order valence-corrected chi connectivity index (χ2v) is 9.69. The smallest absolute Gasteiger partial charge is 0.293 e. The van der Waals surface area contributed by atoms with E-state index in [4.69, 9.17) is 27.9 Å². The minimum absolute atomic E-state index is 0.0501. The second-order valence-electron chi connectivity index (χ2n) is 7.86. The van der Waals surface area contributed by atoms with Crippen LogP contribution in [0.4, 0.5) is 14.9 Å². The van der Waals surface area contributed by atoms with Gasteiger partial charge in [-0.15, -0.1) is 0 Å². The molecule has 1 aliphatic rings. The van der Waals surface area contributed by atoms with Crippen LogP contribution < -0.4 is 10.1 Å². The molecule has 3 amide bonds. The van der Waals surface area contributed by atoms with E-state index in [9.17, 15) is 18.8 Å². The summed E-state index contributed by atoms with van der Waals surface area (Å²) in [5.41, 5.74) is 2.10. The van der Waals surface area contributed by atoms with E-state index in [1.165, 1.54) is 24.3 Å². The molecule has 4 rings (SSSR count). The zero-order valence-corrected chi connectivity index (χ0v) is 21.2. The number of carbonyl (C=O) groups excluding carboxylic acids is 3. The fraction of sp³-hybridized carbons (Fsp3) is 0.115. The normalized spacial score (nSPS) is 14.4. The molecule has 6 nitrogen and oxygen atoms in total. The highest BCUT2D eigenvalue weighted by atomic mass is 35.5. The van der Waals surface area contributed by atoms with Gasteiger partial charge < -0.3 is 10.1 Å². The largest absolute Gasteiger partial charge is 0.483 e. The molecule has 0 bridgehead atoms. The number of imide groups is 1. The Morgan fingerprint density at radius 2 is 1.89 bits per heavy atom. The zero-order chi connectivity index (χ0) is 25.8. The fourth-order valence-electron chi connectivity index (χ4n) is 3.45. The third-order valence-electron chi connectivity index (χ3n) is 5.17. The second kappa shape index (κ2) is 11.2. The number of amides is 3. The van der Waals surface area contributed by atoms with E-state index in [0.717, 1.165) is 10.5 Å². The Kier molecular flexibility index (Phi) is 7.98. The van der Waals surface area contributed by atoms with Crippen LogP contribution in [-0.4, -0.2) is 28.6 Å². The lowest BCUT2D eigenvalue weighted by Gasteiger charge is -2.14. The molecule has 0 aromatic heterocycles. The standard InChI is InChI=1S/C26H19Cl2FN2O4S/c1-15-4-2-5-18(10-15)30-24(32)14-35-22-9-8-17(27)11-16(22)12-23-25(33)31(26(34)36-23)13-19-20(28)6-3-7-21(19)29/h2-12H,13-14H2,1H3,(H,30,32)/b23-12-. The van der Waals surface area contributed by atoms with Gasteiger partial charge in [0.15, 0.2) is 6.61 Å². The molecule has 3 aromatic rings. The Hall–Kier alpha value is -3.33. The summed E-state index contributed by atoms with van der Waals surface area (Å²) < 4.78 is 19.9. The fourth-order valence-corrected chi connectivity index (χ4v) is 4.68. The number of nitrogens with one attached hydrogen (secondary N) is 1. The first-order valence-electron chi connectivity index (χ1n) is 10.7. The highest BCUT2D eigenvalue weighted by Gasteiger charge is 2.36. The van der Waals surface area contributed by atoms with Crippen molar-refractivity contribution in [2.45, 2.75) is 13.5 Å². The summed E-state index contributed by atoms with van der Waals surface area (Å²) in [5, 5.41) is 2.68. The van der Waals surface area contributed by atoms with Gasteiger partial charge in [-0.25, -0.2) is 4.39 Å². The van der Waals surface area contributed by atoms with E-state index in [2.05, 4.69) is 5.32 Å². The quantitative estimate of drug-likeness (QED) is 0.335. The molecule has 0 saturated carbocycles. The molecule has 1 saturated heterocycles. The Morgan fingerprint density at radius 1 is 1.11 bits per heavy atom. The molecule has 0 radical (unpaired) electrons. The molecule has 0 atom stereocenters. The van der Waals surface area contributed by atoms with Gasteiger partial charge in [0.25, 0.3) is 17.1 Å². The van der Waals surface area contributed by atoms with Crippen molar-refractivity contribution in [2.75, 3.05) is 11.9 Å². The molecule has 184 valence electrons. The van der Waals surface area contributed by atoms with E-state index in [-0.39, 0.29) is 34.6 Å². The molecule has 0 spiro atoms. The predicted molar refractivity (Wildman–Crippen MR) is 140 cm³/mol. The van der Waals surface area contributed by atoms with Crippen molar-refractivity contribution in [3.63, 3.8) is 0 Å². The summed E-state index contributed by atoms with van der Waals surface area (Å²) in [6, 6.07) is 16.2. The van der Waals surface area contributed by atoms with Gasteiger partial charge in [0.05, 0.1) is 11.4 Å². The number of rotatable bonds is 7. The molecular formula is C26H19Cl2FN2O4S. The maximum atomic E-state index is 14.2. The number of nitrogens with zero attached hydrogens (tertiary/aromatic N) is 1. The predicted octanol–water partition coefficient (Wildman–Crippen LogP) is 6.69. The molecular weight excluding hydrogens is 526 g/mol. The van der Waals surface area contributed by atoms with Crippen LogP contribution in [0.2, 0.25) is 10.0 Å². The number of benzene rings is 3. The molecule has 1 N–H and O–H groups in total. The van der Waals surface area contributed by atoms with E-state index in [1.807, 2.05) is 25.1 Å². The monoisotopic (exact) mass is 544 g/mol. The number of halogens is 3. The van der Waals surface area contributed by atoms with Crippen molar-refractivity contribution in [1.82, 2.24) is 4.90 Å². The third kappa shape index (κ3) is 6.07. The summed E-state index contributed by atoms with van der Waals surface area (Å²) in [6.45, 7) is 1.33. The molecule has 1 heterocycles. The van der Waals surface area contributed by atoms with Crippen LogP contribution in [-0.2, 0) is 16.1 Å². The van der Waals surface area contributed by atoms with Crippen LogP contribution in [0.3, 0.4) is 0 Å². The highest BCUT2D eigenvalue weighted by Crippen LogP contribution is 2.36. The number of ether oxygens (including phenoxy) is 1. The Labute approximate surface area is 221 Å². The van der Waals surface area contributed by atoms with Gasteiger partial charge in [-0.2, -0.15) is 0 Å². The summed E-state index contributed by atoms with van der Waals surface area (Å²) in [5.74, 6) is -1.29. The molecule has 0 unspecified atom stereocenters. The number of anilines is 1. The highest BCUT2D eigenvalue weighted by molar-refractivity contribution is 8.18. The van der Waals surface area contributed by atoms with Crippen molar-refractivity contribution < 1.29 is 23.5 Å². The molecule has 36 heavy (non-hydrogen) atoms. The van der Waals surface area contributed by atoms with Gasteiger partial charge in [-0.05, 0) is 72.8 Å². The third-order valence-corrected chi connectivity index (χ3v) is 6.67. The Bertz CT molecular complexity index is 1380. The van der Waals surface area contributed by atoms with Gasteiger partial charge in [0, 0.05) is 26.9 Å². The summed E-state index contributed by atoms with van der Waals surface area (Å²) in [4.78, 5) is 38.9. The van der Waals surface area contributed by atoms with Crippen LogP contribution in [0.15, 0.2) is 65.6 Å². The molecule has 3 aromatic carbocycles. The number of aryl methyl sites for hydroxylation is 1. The van der Waals surface area contributed by atoms with E-state index >= 15 is 0 Å². The SMILES string of the molecule is Cc1cccc(NC(=O)COc2ccc(Cl)cc2/C=C2\SC(=O)N(Cc3c(F)cccc3Cl)C2=O)c1. The first-order chi connectivity index (χ1) is 17.2. The van der Waals surface area contributed by atoms with E-state index in [1.54, 1.807) is 24.3 Å². The lowest BCUT2D eigenvalue weighted by atomic mass is 10.1. The molecule has 1 aliphatic heterocycles. The van der Waals surface area contributed by atoms with Crippen molar-refractivity contribution >= 4 is 63.8 Å². The number of carbonyl (C=O) groups is 3. The van der Waals surface area contributed by atoms with Crippen molar-refractivity contribution in [3.8, 4) is 5.75 Å². The summed E-state index contributed by atoms with van der Waals surface area (Å²) in [7, 11) is 0. The lowest BCUT2D eigenvalue weighted by molar-refractivity contribution is -0.123. The van der Waals surface area contributed by atoms with Gasteiger partial charge in [-0.3, -0.25) is 19.3 Å². The molecule has 10 heteroatoms. The number of hydrogen-bond donors (Lipinski definition) is 1. The van der Waals surface area contributed by atoms with Crippen LogP contribution in [0.25, 0.3) is 6.08 Å². The average Bonchev–Trinajstić information content (AvgIpc) is 3.08. The van der Waals surface area contributed by atoms with Crippen molar-refractivity contribution in [1.29, 1.82) is 0 Å². The molecule has 0 aliphatic carbocycles. The maximum absolute atomic E-state index is 14.2. The lowest BCUT2D eigenvalue weighted by Crippen LogP contribution is -2.28. The zero-order valence-electron chi connectivity index (χ0n) is 18.9. The molecule has 1 fully saturated rings. The summed E-state index contributed by atoms with van der Waals surface area (Å²) >= 11 is 12.9. The van der Waals surface area contributed by atoms with Crippen LogP contribution in [0, 0.1) is 12.7 Å². The van der Waals surface area contributed by atoms with Crippen molar-refractivity contribution in [2.24, 2.45) is 0 Å². The summed E-state index contributed by atoms with van der Waals surface area (Å²) in [6.07, 6.45) is 1.45. The number of hydrogen-bond acceptors (Lipinski definition) is 5. The van der Waals surface area contributed by atoms with Gasteiger partial charge >= 0.3 is 0 Å². The minimum Gasteiger partial charge on any atom is -0.483 e. The Morgan fingerprint density at radius 3 is 2.64 bits per heavy atom. The van der Waals surface area contributed by atoms with Gasteiger partial charge in [-0.1, -0.05) is 41.4 Å². The first kappa shape index (κ1) is 25.8. The van der Waals surface area contributed by atoms with E-state index < -0.39 is 17.0 Å².